The first-order valence-corrected chi connectivity index (χ1v) is 6.35. The van der Waals surface area contributed by atoms with Crippen LogP contribution in [0, 0.1) is 11.3 Å². The molecule has 0 radical (unpaired) electrons. The van der Waals surface area contributed by atoms with E-state index in [9.17, 15) is 0 Å². The van der Waals surface area contributed by atoms with Gasteiger partial charge in [-0.3, -0.25) is 0 Å². The average molecular weight is 260 g/mol. The standard InChI is InChI=1S/C14H14ClN3/c1-3-12-8-13(4-2)18(17-12)14-7-11(15)6-5-10(14)9-16/h5-8H,3-4H2,1-2H3. The van der Waals surface area contributed by atoms with Crippen LogP contribution in [0.5, 0.6) is 0 Å². The van der Waals surface area contributed by atoms with E-state index >= 15 is 0 Å². The van der Waals surface area contributed by atoms with Gasteiger partial charge in [-0.15, -0.1) is 0 Å². The van der Waals surface area contributed by atoms with Gasteiger partial charge in [0.25, 0.3) is 0 Å². The largest absolute Gasteiger partial charge is 0.236 e. The van der Waals surface area contributed by atoms with Crippen LogP contribution in [0.4, 0.5) is 0 Å². The molecule has 2 rings (SSSR count). The summed E-state index contributed by atoms with van der Waals surface area (Å²) in [7, 11) is 0. The third kappa shape index (κ3) is 2.25. The topological polar surface area (TPSA) is 41.6 Å². The minimum atomic E-state index is 0.583. The van der Waals surface area contributed by atoms with Crippen LogP contribution in [0.2, 0.25) is 5.02 Å². The van der Waals surface area contributed by atoms with Gasteiger partial charge in [0.15, 0.2) is 0 Å². The molecule has 0 saturated heterocycles. The summed E-state index contributed by atoms with van der Waals surface area (Å²) in [5.74, 6) is 0. The zero-order chi connectivity index (χ0) is 13.1. The number of aryl methyl sites for hydroxylation is 2. The van der Waals surface area contributed by atoms with E-state index in [-0.39, 0.29) is 0 Å². The van der Waals surface area contributed by atoms with Gasteiger partial charge in [0.05, 0.1) is 16.9 Å². The third-order valence-corrected chi connectivity index (χ3v) is 3.10. The number of halogens is 1. The van der Waals surface area contributed by atoms with Gasteiger partial charge in [-0.05, 0) is 37.1 Å². The number of hydrogen-bond acceptors (Lipinski definition) is 2. The molecule has 0 fully saturated rings. The van der Waals surface area contributed by atoms with Gasteiger partial charge < -0.3 is 0 Å². The summed E-state index contributed by atoms with van der Waals surface area (Å²) in [4.78, 5) is 0. The van der Waals surface area contributed by atoms with E-state index in [1.54, 1.807) is 18.2 Å². The second-order valence-corrected chi connectivity index (χ2v) is 4.46. The molecule has 0 aliphatic heterocycles. The van der Waals surface area contributed by atoms with Crippen LogP contribution in [0.25, 0.3) is 5.69 Å². The molecule has 0 bridgehead atoms. The van der Waals surface area contributed by atoms with Gasteiger partial charge in [0.2, 0.25) is 0 Å². The highest BCUT2D eigenvalue weighted by atomic mass is 35.5. The summed E-state index contributed by atoms with van der Waals surface area (Å²) < 4.78 is 1.82. The second kappa shape index (κ2) is 5.24. The summed E-state index contributed by atoms with van der Waals surface area (Å²) in [6, 6.07) is 9.48. The van der Waals surface area contributed by atoms with E-state index in [1.165, 1.54) is 0 Å². The van der Waals surface area contributed by atoms with Crippen LogP contribution in [-0.2, 0) is 12.8 Å². The lowest BCUT2D eigenvalue weighted by Gasteiger charge is -2.08. The molecule has 0 atom stereocenters. The zero-order valence-corrected chi connectivity index (χ0v) is 11.2. The van der Waals surface area contributed by atoms with Gasteiger partial charge in [-0.25, -0.2) is 4.68 Å². The van der Waals surface area contributed by atoms with Crippen LogP contribution in [0.3, 0.4) is 0 Å². The highest BCUT2D eigenvalue weighted by molar-refractivity contribution is 6.30. The molecule has 0 spiro atoms. The number of nitriles is 1. The van der Waals surface area contributed by atoms with Gasteiger partial charge in [-0.2, -0.15) is 10.4 Å². The minimum Gasteiger partial charge on any atom is -0.236 e. The molecular formula is C14H14ClN3. The molecule has 0 N–H and O–H groups in total. The number of rotatable bonds is 3. The lowest BCUT2D eigenvalue weighted by Crippen LogP contribution is -2.04. The Balaban J connectivity index is 2.64. The van der Waals surface area contributed by atoms with E-state index in [4.69, 9.17) is 16.9 Å². The maximum absolute atomic E-state index is 9.16. The van der Waals surface area contributed by atoms with Crippen molar-refractivity contribution in [3.05, 3.63) is 46.2 Å². The van der Waals surface area contributed by atoms with Crippen LogP contribution in [0.1, 0.15) is 30.8 Å². The lowest BCUT2D eigenvalue weighted by molar-refractivity contribution is 0.792. The predicted molar refractivity (Wildman–Crippen MR) is 72.0 cm³/mol. The average Bonchev–Trinajstić information content (AvgIpc) is 2.81. The molecular weight excluding hydrogens is 246 g/mol. The van der Waals surface area contributed by atoms with Crippen molar-refractivity contribution in [3.63, 3.8) is 0 Å². The number of hydrogen-bond donors (Lipinski definition) is 0. The molecule has 18 heavy (non-hydrogen) atoms. The smallest absolute Gasteiger partial charge is 0.101 e. The van der Waals surface area contributed by atoms with Gasteiger partial charge >= 0.3 is 0 Å². The van der Waals surface area contributed by atoms with Gasteiger partial charge in [0, 0.05) is 10.7 Å². The molecule has 2 aromatic rings. The summed E-state index contributed by atoms with van der Waals surface area (Å²) in [6.45, 7) is 4.14. The van der Waals surface area contributed by atoms with E-state index in [1.807, 2.05) is 4.68 Å². The molecule has 3 nitrogen and oxygen atoms in total. The fraction of sp³-hybridized carbons (Fsp3) is 0.286. The molecule has 0 unspecified atom stereocenters. The first-order valence-electron chi connectivity index (χ1n) is 5.97. The van der Waals surface area contributed by atoms with Crippen molar-refractivity contribution in [2.75, 3.05) is 0 Å². The molecule has 0 aliphatic rings. The Morgan fingerprint density at radius 1 is 1.28 bits per heavy atom. The second-order valence-electron chi connectivity index (χ2n) is 4.02. The summed E-state index contributed by atoms with van der Waals surface area (Å²) in [5, 5.41) is 14.3. The Bertz CT molecular complexity index is 608. The Kier molecular flexibility index (Phi) is 3.69. The third-order valence-electron chi connectivity index (χ3n) is 2.87. The SMILES string of the molecule is CCc1cc(CC)n(-c2cc(Cl)ccc2C#N)n1. The van der Waals surface area contributed by atoms with Crippen LogP contribution >= 0.6 is 11.6 Å². The highest BCUT2D eigenvalue weighted by Gasteiger charge is 2.11. The van der Waals surface area contributed by atoms with Crippen molar-refractivity contribution in [1.29, 1.82) is 5.26 Å². The number of nitrogens with zero attached hydrogens (tertiary/aromatic N) is 3. The van der Waals surface area contributed by atoms with E-state index in [0.717, 1.165) is 29.9 Å². The Hall–Kier alpha value is -1.79. The Morgan fingerprint density at radius 2 is 2.06 bits per heavy atom. The van der Waals surface area contributed by atoms with Crippen LogP contribution < -0.4 is 0 Å². The fourth-order valence-electron chi connectivity index (χ4n) is 1.88. The zero-order valence-electron chi connectivity index (χ0n) is 10.4. The molecule has 0 aliphatic carbocycles. The molecule has 0 amide bonds. The predicted octanol–water partition coefficient (Wildman–Crippen LogP) is 3.52. The maximum atomic E-state index is 9.16. The minimum absolute atomic E-state index is 0.583. The van der Waals surface area contributed by atoms with Crippen molar-refractivity contribution < 1.29 is 0 Å². The highest BCUT2D eigenvalue weighted by Crippen LogP contribution is 2.21. The molecule has 92 valence electrons. The van der Waals surface area contributed by atoms with E-state index in [0.29, 0.717) is 10.6 Å². The van der Waals surface area contributed by atoms with Crippen molar-refractivity contribution >= 4 is 11.6 Å². The van der Waals surface area contributed by atoms with Gasteiger partial charge in [0.1, 0.15) is 6.07 Å². The van der Waals surface area contributed by atoms with Crippen molar-refractivity contribution in [2.24, 2.45) is 0 Å². The van der Waals surface area contributed by atoms with E-state index < -0.39 is 0 Å². The quantitative estimate of drug-likeness (QED) is 0.846. The number of benzene rings is 1. The number of aromatic nitrogens is 2. The molecule has 1 heterocycles. The van der Waals surface area contributed by atoms with Crippen molar-refractivity contribution in [2.45, 2.75) is 26.7 Å². The van der Waals surface area contributed by atoms with Gasteiger partial charge in [-0.1, -0.05) is 25.4 Å². The first kappa shape index (κ1) is 12.7. The Morgan fingerprint density at radius 3 is 2.67 bits per heavy atom. The molecule has 1 aromatic heterocycles. The normalized spacial score (nSPS) is 10.3. The molecule has 1 aromatic carbocycles. The van der Waals surface area contributed by atoms with Crippen molar-refractivity contribution in [3.8, 4) is 11.8 Å². The van der Waals surface area contributed by atoms with Crippen LogP contribution in [0.15, 0.2) is 24.3 Å². The van der Waals surface area contributed by atoms with Crippen LogP contribution in [-0.4, -0.2) is 9.78 Å². The summed E-state index contributed by atoms with van der Waals surface area (Å²) in [5.41, 5.74) is 3.45. The molecule has 0 saturated carbocycles. The van der Waals surface area contributed by atoms with Crippen molar-refractivity contribution in [1.82, 2.24) is 9.78 Å². The Labute approximate surface area is 112 Å². The lowest BCUT2D eigenvalue weighted by atomic mass is 10.2. The van der Waals surface area contributed by atoms with E-state index in [2.05, 4.69) is 31.1 Å². The monoisotopic (exact) mass is 259 g/mol. The summed E-state index contributed by atoms with van der Waals surface area (Å²) >= 11 is 6.01. The molecule has 4 heteroatoms. The maximum Gasteiger partial charge on any atom is 0.101 e. The summed E-state index contributed by atoms with van der Waals surface area (Å²) in [6.07, 6.45) is 1.74. The fourth-order valence-corrected chi connectivity index (χ4v) is 2.05. The first-order chi connectivity index (χ1) is 8.69.